The van der Waals surface area contributed by atoms with Crippen LogP contribution in [-0.4, -0.2) is 49.7 Å². The maximum Gasteiger partial charge on any atom is 0.226 e. The minimum atomic E-state index is 0.214. The van der Waals surface area contributed by atoms with Crippen molar-refractivity contribution in [2.24, 2.45) is 0 Å². The number of fused-ring (bicyclic) bond motifs is 2. The lowest BCUT2D eigenvalue weighted by Gasteiger charge is -2.28. The first-order chi connectivity index (χ1) is 10.8. The van der Waals surface area contributed by atoms with Crippen molar-refractivity contribution in [3.8, 4) is 11.5 Å². The van der Waals surface area contributed by atoms with Crippen molar-refractivity contribution in [2.45, 2.75) is 37.8 Å². The minimum absolute atomic E-state index is 0.214. The van der Waals surface area contributed by atoms with Crippen LogP contribution in [0.2, 0.25) is 0 Å². The van der Waals surface area contributed by atoms with Gasteiger partial charge < -0.3 is 19.7 Å². The number of amides is 1. The molecule has 2 atom stereocenters. The van der Waals surface area contributed by atoms with Gasteiger partial charge in [-0.1, -0.05) is 12.1 Å². The number of methoxy groups -OCH3 is 1. The fraction of sp³-hybridized carbons (Fsp3) is 0.588. The van der Waals surface area contributed by atoms with E-state index in [1.54, 1.807) is 7.11 Å². The predicted octanol–water partition coefficient (Wildman–Crippen LogP) is 1.82. The number of carbonyl (C=O) groups is 1. The van der Waals surface area contributed by atoms with Gasteiger partial charge in [0.25, 0.3) is 0 Å². The second kappa shape index (κ2) is 7.01. The molecule has 0 aromatic heterocycles. The van der Waals surface area contributed by atoms with Crippen LogP contribution in [0.25, 0.3) is 0 Å². The Morgan fingerprint density at radius 2 is 2.00 bits per heavy atom. The van der Waals surface area contributed by atoms with Crippen LogP contribution in [0.15, 0.2) is 24.3 Å². The first kappa shape index (κ1) is 15.2. The lowest BCUT2D eigenvalue weighted by atomic mass is 10.1. The molecule has 0 spiro atoms. The van der Waals surface area contributed by atoms with Gasteiger partial charge in [-0.3, -0.25) is 4.79 Å². The number of benzene rings is 1. The van der Waals surface area contributed by atoms with Gasteiger partial charge in [0.15, 0.2) is 11.5 Å². The molecule has 1 aromatic carbocycles. The fourth-order valence-electron chi connectivity index (χ4n) is 3.50. The normalized spacial score (nSPS) is 24.0. The Morgan fingerprint density at radius 1 is 1.23 bits per heavy atom. The topological polar surface area (TPSA) is 50.8 Å². The number of para-hydroxylation sites is 2. The van der Waals surface area contributed by atoms with Crippen LogP contribution in [-0.2, 0) is 4.79 Å². The van der Waals surface area contributed by atoms with Gasteiger partial charge in [0.2, 0.25) is 5.91 Å². The number of rotatable bonds is 5. The van der Waals surface area contributed by atoms with Gasteiger partial charge in [-0.2, -0.15) is 0 Å². The third-order valence-corrected chi connectivity index (χ3v) is 4.58. The van der Waals surface area contributed by atoms with E-state index in [1.165, 1.54) is 0 Å². The zero-order valence-electron chi connectivity index (χ0n) is 13.1. The standard InChI is InChI=1S/C17H24N2O3/c1-21-15-4-2-3-5-16(15)22-11-9-17(20)19-13-6-7-14(19)12-18-10-8-13/h2-5,13-14,18H,6-12H2,1H3. The average Bonchev–Trinajstić information content (AvgIpc) is 2.80. The smallest absolute Gasteiger partial charge is 0.226 e. The lowest BCUT2D eigenvalue weighted by Crippen LogP contribution is -2.42. The Balaban J connectivity index is 1.54. The van der Waals surface area contributed by atoms with Gasteiger partial charge in [-0.15, -0.1) is 0 Å². The summed E-state index contributed by atoms with van der Waals surface area (Å²) in [7, 11) is 1.62. The monoisotopic (exact) mass is 304 g/mol. The Kier molecular flexibility index (Phi) is 4.83. The van der Waals surface area contributed by atoms with Crippen LogP contribution in [0.1, 0.15) is 25.7 Å². The molecule has 0 aliphatic carbocycles. The van der Waals surface area contributed by atoms with Gasteiger partial charge in [0.05, 0.1) is 20.1 Å². The number of nitrogens with zero attached hydrogens (tertiary/aromatic N) is 1. The molecule has 3 rings (SSSR count). The molecule has 0 saturated carbocycles. The SMILES string of the molecule is COc1ccccc1OCCC(=O)N1C2CCNCC1CC2. The molecule has 1 amide bonds. The molecule has 5 nitrogen and oxygen atoms in total. The zero-order valence-corrected chi connectivity index (χ0v) is 13.1. The molecule has 2 saturated heterocycles. The summed E-state index contributed by atoms with van der Waals surface area (Å²) in [6.45, 7) is 2.33. The molecule has 0 radical (unpaired) electrons. The van der Waals surface area contributed by atoms with Crippen LogP contribution in [0, 0.1) is 0 Å². The van der Waals surface area contributed by atoms with Crippen molar-refractivity contribution in [3.63, 3.8) is 0 Å². The highest BCUT2D eigenvalue weighted by Crippen LogP contribution is 2.29. The van der Waals surface area contributed by atoms with E-state index in [2.05, 4.69) is 10.2 Å². The number of hydrogen-bond donors (Lipinski definition) is 1. The predicted molar refractivity (Wildman–Crippen MR) is 84.2 cm³/mol. The average molecular weight is 304 g/mol. The second-order valence-electron chi connectivity index (χ2n) is 5.93. The highest BCUT2D eigenvalue weighted by molar-refractivity contribution is 5.77. The van der Waals surface area contributed by atoms with Gasteiger partial charge in [-0.25, -0.2) is 0 Å². The largest absolute Gasteiger partial charge is 0.493 e. The third-order valence-electron chi connectivity index (χ3n) is 4.58. The van der Waals surface area contributed by atoms with Crippen molar-refractivity contribution in [2.75, 3.05) is 26.8 Å². The fourth-order valence-corrected chi connectivity index (χ4v) is 3.50. The van der Waals surface area contributed by atoms with Gasteiger partial charge in [0.1, 0.15) is 0 Å². The van der Waals surface area contributed by atoms with E-state index in [4.69, 9.17) is 9.47 Å². The summed E-state index contributed by atoms with van der Waals surface area (Å²) in [6, 6.07) is 8.31. The Labute approximate surface area is 131 Å². The van der Waals surface area contributed by atoms with Crippen molar-refractivity contribution < 1.29 is 14.3 Å². The molecule has 1 aromatic rings. The minimum Gasteiger partial charge on any atom is -0.493 e. The van der Waals surface area contributed by atoms with Crippen LogP contribution < -0.4 is 14.8 Å². The van der Waals surface area contributed by atoms with Crippen molar-refractivity contribution >= 4 is 5.91 Å². The maximum absolute atomic E-state index is 12.5. The summed E-state index contributed by atoms with van der Waals surface area (Å²) < 4.78 is 11.0. The van der Waals surface area contributed by atoms with Crippen LogP contribution in [0.4, 0.5) is 0 Å². The van der Waals surface area contributed by atoms with E-state index >= 15 is 0 Å². The molecule has 2 bridgehead atoms. The Morgan fingerprint density at radius 3 is 2.82 bits per heavy atom. The number of ether oxygens (including phenoxy) is 2. The molecule has 120 valence electrons. The zero-order chi connectivity index (χ0) is 15.4. The number of hydrogen-bond acceptors (Lipinski definition) is 4. The van der Waals surface area contributed by atoms with Crippen LogP contribution >= 0.6 is 0 Å². The molecular weight excluding hydrogens is 280 g/mol. The van der Waals surface area contributed by atoms with E-state index in [-0.39, 0.29) is 5.91 Å². The van der Waals surface area contributed by atoms with Crippen molar-refractivity contribution in [3.05, 3.63) is 24.3 Å². The number of carbonyl (C=O) groups excluding carboxylic acids is 1. The first-order valence-electron chi connectivity index (χ1n) is 8.07. The quantitative estimate of drug-likeness (QED) is 0.901. The summed E-state index contributed by atoms with van der Waals surface area (Å²) in [6.07, 6.45) is 3.75. The summed E-state index contributed by atoms with van der Waals surface area (Å²) in [4.78, 5) is 14.6. The summed E-state index contributed by atoms with van der Waals surface area (Å²) in [5.74, 6) is 1.61. The molecular formula is C17H24N2O3. The number of nitrogens with one attached hydrogen (secondary N) is 1. The van der Waals surface area contributed by atoms with Crippen molar-refractivity contribution in [1.29, 1.82) is 0 Å². The van der Waals surface area contributed by atoms with E-state index < -0.39 is 0 Å². The lowest BCUT2D eigenvalue weighted by molar-refractivity contribution is -0.134. The second-order valence-corrected chi connectivity index (χ2v) is 5.93. The summed E-state index contributed by atoms with van der Waals surface area (Å²) in [5, 5.41) is 3.42. The first-order valence-corrected chi connectivity index (χ1v) is 8.07. The molecule has 2 fully saturated rings. The maximum atomic E-state index is 12.5. The van der Waals surface area contributed by atoms with Gasteiger partial charge in [-0.05, 0) is 37.9 Å². The molecule has 2 unspecified atom stereocenters. The highest BCUT2D eigenvalue weighted by atomic mass is 16.5. The van der Waals surface area contributed by atoms with Crippen LogP contribution in [0.3, 0.4) is 0 Å². The molecule has 2 heterocycles. The van der Waals surface area contributed by atoms with E-state index in [0.717, 1.165) is 32.4 Å². The molecule has 1 N–H and O–H groups in total. The molecule has 22 heavy (non-hydrogen) atoms. The molecule has 2 aliphatic heterocycles. The molecule has 2 aliphatic rings. The van der Waals surface area contributed by atoms with E-state index in [0.29, 0.717) is 36.6 Å². The summed E-state index contributed by atoms with van der Waals surface area (Å²) in [5.41, 5.74) is 0. The Hall–Kier alpha value is -1.75. The van der Waals surface area contributed by atoms with E-state index in [1.807, 2.05) is 24.3 Å². The van der Waals surface area contributed by atoms with E-state index in [9.17, 15) is 4.79 Å². The van der Waals surface area contributed by atoms with Crippen LogP contribution in [0.5, 0.6) is 11.5 Å². The third kappa shape index (κ3) is 3.19. The summed E-state index contributed by atoms with van der Waals surface area (Å²) >= 11 is 0. The Bertz CT molecular complexity index is 506. The molecule has 5 heteroatoms. The van der Waals surface area contributed by atoms with Crippen molar-refractivity contribution in [1.82, 2.24) is 10.2 Å². The van der Waals surface area contributed by atoms with Gasteiger partial charge >= 0.3 is 0 Å². The highest BCUT2D eigenvalue weighted by Gasteiger charge is 2.37. The van der Waals surface area contributed by atoms with Gasteiger partial charge in [0, 0.05) is 18.6 Å².